The standard InChI is InChI=1S/C63H41NS.C2H6/c1-2-13-40(14-3-1)44-17-12-18-47(35-44)64(48-30-27-41-15-4-5-16-43(41)36-48)49-31-34-61-56(39-49)55-38-46(29-33-60(55)65-61)45-26-25-42-28-32-53-52-21-8-11-24-59(52)63(62(53)54(42)37-45)57-22-9-6-19-50(57)51-20-7-10-23-58(51)63;1-2/h1-6,8-19,21-39H,7,20H2;1-2H3. The van der Waals surface area contributed by atoms with E-state index in [0.29, 0.717) is 0 Å². The average Bonchev–Trinajstić information content (AvgIpc) is 4.03. The van der Waals surface area contributed by atoms with Crippen LogP contribution >= 0.6 is 11.3 Å². The summed E-state index contributed by atoms with van der Waals surface area (Å²) in [6.07, 6.45) is 7.02. The lowest BCUT2D eigenvalue weighted by molar-refractivity contribution is 0.787. The number of allylic oxidation sites excluding steroid dienone is 4. The van der Waals surface area contributed by atoms with Gasteiger partial charge in [-0.25, -0.2) is 0 Å². The molecule has 1 atom stereocenters. The molecule has 67 heavy (non-hydrogen) atoms. The van der Waals surface area contributed by atoms with Crippen LogP contribution in [0.1, 0.15) is 48.9 Å². The Morgan fingerprint density at radius 2 is 1.01 bits per heavy atom. The van der Waals surface area contributed by atoms with Gasteiger partial charge in [0.1, 0.15) is 0 Å². The molecule has 11 aromatic rings. The Kier molecular flexibility index (Phi) is 9.27. The van der Waals surface area contributed by atoms with Crippen molar-refractivity contribution in [3.63, 3.8) is 0 Å². The predicted molar refractivity (Wildman–Crippen MR) is 288 cm³/mol. The van der Waals surface area contributed by atoms with Gasteiger partial charge >= 0.3 is 0 Å². The van der Waals surface area contributed by atoms with Crippen molar-refractivity contribution in [2.75, 3.05) is 4.90 Å². The first kappa shape index (κ1) is 39.6. The SMILES string of the molecule is C1=CC2=C(CC1)c1ccccc1C21c2ccccc2-c2ccc3ccc(-c4ccc5sc6ccc(N(c7cccc(-c8ccccc8)c7)c7ccc8ccccc8c7)cc6c5c4)cc3c21.CC. The molecule has 0 saturated carbocycles. The van der Waals surface area contributed by atoms with Crippen LogP contribution in [0, 0.1) is 0 Å². The van der Waals surface area contributed by atoms with Crippen molar-refractivity contribution < 1.29 is 0 Å². The molecule has 1 aromatic heterocycles. The zero-order chi connectivity index (χ0) is 44.6. The molecule has 3 aliphatic carbocycles. The van der Waals surface area contributed by atoms with Crippen LogP contribution in [-0.2, 0) is 5.41 Å². The summed E-state index contributed by atoms with van der Waals surface area (Å²) in [5.74, 6) is 0. The van der Waals surface area contributed by atoms with Gasteiger partial charge in [-0.2, -0.15) is 0 Å². The summed E-state index contributed by atoms with van der Waals surface area (Å²) in [6, 6.07) is 79.6. The molecule has 0 fully saturated rings. The van der Waals surface area contributed by atoms with Gasteiger partial charge in [0, 0.05) is 37.2 Å². The second-order valence-corrected chi connectivity index (χ2v) is 19.0. The smallest absolute Gasteiger partial charge is 0.0728 e. The van der Waals surface area contributed by atoms with Gasteiger partial charge in [0.05, 0.1) is 5.41 Å². The van der Waals surface area contributed by atoms with Crippen LogP contribution < -0.4 is 4.90 Å². The minimum absolute atomic E-state index is 0.353. The van der Waals surface area contributed by atoms with Crippen LogP contribution in [0.3, 0.4) is 0 Å². The number of thiophene rings is 1. The molecule has 2 heteroatoms. The van der Waals surface area contributed by atoms with Crippen LogP contribution in [0.5, 0.6) is 0 Å². The van der Waals surface area contributed by atoms with Gasteiger partial charge in [-0.05, 0) is 162 Å². The lowest BCUT2D eigenvalue weighted by atomic mass is 9.68. The minimum Gasteiger partial charge on any atom is -0.310 e. The van der Waals surface area contributed by atoms with Gasteiger partial charge in [-0.1, -0.05) is 178 Å². The molecule has 1 heterocycles. The third-order valence-electron chi connectivity index (χ3n) is 14.5. The lowest BCUT2D eigenvalue weighted by Gasteiger charge is -2.33. The molecule has 0 saturated heterocycles. The summed E-state index contributed by atoms with van der Waals surface area (Å²) in [5.41, 5.74) is 19.3. The third-order valence-corrected chi connectivity index (χ3v) is 15.6. The molecule has 10 aromatic carbocycles. The van der Waals surface area contributed by atoms with Gasteiger partial charge < -0.3 is 4.90 Å². The van der Waals surface area contributed by atoms with Crippen molar-refractivity contribution >= 4 is 75.7 Å². The minimum atomic E-state index is -0.353. The van der Waals surface area contributed by atoms with E-state index in [-0.39, 0.29) is 5.41 Å². The zero-order valence-electron chi connectivity index (χ0n) is 37.6. The number of anilines is 3. The highest BCUT2D eigenvalue weighted by Crippen LogP contribution is 2.64. The Morgan fingerprint density at radius 1 is 0.418 bits per heavy atom. The summed E-state index contributed by atoms with van der Waals surface area (Å²) in [7, 11) is 0. The van der Waals surface area contributed by atoms with Crippen molar-refractivity contribution in [2.24, 2.45) is 0 Å². The summed E-state index contributed by atoms with van der Waals surface area (Å²) in [6.45, 7) is 4.00. The molecule has 0 bridgehead atoms. The zero-order valence-corrected chi connectivity index (χ0v) is 38.4. The van der Waals surface area contributed by atoms with Crippen LogP contribution in [0.15, 0.2) is 230 Å². The quantitative estimate of drug-likeness (QED) is 0.167. The third kappa shape index (κ3) is 5.99. The highest BCUT2D eigenvalue weighted by atomic mass is 32.1. The van der Waals surface area contributed by atoms with Crippen LogP contribution in [-0.4, -0.2) is 0 Å². The molecule has 0 radical (unpaired) electrons. The number of nitrogens with zero attached hydrogens (tertiary/aromatic N) is 1. The number of hydrogen-bond acceptors (Lipinski definition) is 2. The van der Waals surface area contributed by atoms with E-state index in [4.69, 9.17) is 0 Å². The van der Waals surface area contributed by atoms with E-state index in [1.165, 1.54) is 108 Å². The molecular weight excluding hydrogens is 827 g/mol. The van der Waals surface area contributed by atoms with Crippen molar-refractivity contribution in [3.8, 4) is 33.4 Å². The largest absolute Gasteiger partial charge is 0.310 e. The fraction of sp³-hybridized carbons (Fsp3) is 0.0769. The topological polar surface area (TPSA) is 3.24 Å². The first-order chi connectivity index (χ1) is 33.2. The van der Waals surface area contributed by atoms with Crippen LogP contribution in [0.2, 0.25) is 0 Å². The maximum absolute atomic E-state index is 2.50. The molecule has 1 nitrogen and oxygen atoms in total. The average molecular weight is 874 g/mol. The summed E-state index contributed by atoms with van der Waals surface area (Å²) >= 11 is 1.88. The van der Waals surface area contributed by atoms with E-state index in [0.717, 1.165) is 29.9 Å². The van der Waals surface area contributed by atoms with Crippen molar-refractivity contribution in [1.29, 1.82) is 0 Å². The van der Waals surface area contributed by atoms with E-state index in [1.54, 1.807) is 0 Å². The lowest BCUT2D eigenvalue weighted by Crippen LogP contribution is -2.27. The van der Waals surface area contributed by atoms with Gasteiger partial charge in [-0.3, -0.25) is 0 Å². The monoisotopic (exact) mass is 873 g/mol. The number of fused-ring (bicyclic) bond motifs is 15. The Balaban J connectivity index is 0.00000220. The molecule has 0 amide bonds. The first-order valence-corrected chi connectivity index (χ1v) is 24.6. The molecule has 1 unspecified atom stereocenters. The van der Waals surface area contributed by atoms with Crippen molar-refractivity contribution in [2.45, 2.75) is 32.1 Å². The van der Waals surface area contributed by atoms with Gasteiger partial charge in [-0.15, -0.1) is 11.3 Å². The number of rotatable bonds is 5. The Morgan fingerprint density at radius 3 is 1.87 bits per heavy atom. The molecular formula is C65H47NS. The Labute approximate surface area is 396 Å². The summed E-state index contributed by atoms with van der Waals surface area (Å²) in [4.78, 5) is 2.42. The molecule has 0 aliphatic heterocycles. The summed E-state index contributed by atoms with van der Waals surface area (Å²) < 4.78 is 2.59. The maximum Gasteiger partial charge on any atom is 0.0728 e. The second kappa shape index (κ2) is 15.7. The fourth-order valence-corrected chi connectivity index (χ4v) is 12.7. The fourth-order valence-electron chi connectivity index (χ4n) is 11.7. The first-order valence-electron chi connectivity index (χ1n) is 23.8. The van der Waals surface area contributed by atoms with E-state index in [1.807, 2.05) is 25.2 Å². The van der Waals surface area contributed by atoms with E-state index in [2.05, 4.69) is 229 Å². The van der Waals surface area contributed by atoms with Gasteiger partial charge in [0.25, 0.3) is 0 Å². The highest BCUT2D eigenvalue weighted by Gasteiger charge is 2.53. The van der Waals surface area contributed by atoms with Gasteiger partial charge in [0.2, 0.25) is 0 Å². The second-order valence-electron chi connectivity index (χ2n) is 17.9. The van der Waals surface area contributed by atoms with E-state index in [9.17, 15) is 0 Å². The van der Waals surface area contributed by atoms with E-state index >= 15 is 0 Å². The predicted octanol–water partition coefficient (Wildman–Crippen LogP) is 18.6. The Bertz CT molecular complexity index is 3850. The molecule has 318 valence electrons. The normalized spacial score (nSPS) is 15.4. The van der Waals surface area contributed by atoms with Crippen LogP contribution in [0.25, 0.3) is 80.7 Å². The number of benzene rings is 10. The molecule has 14 rings (SSSR count). The van der Waals surface area contributed by atoms with Crippen molar-refractivity contribution in [3.05, 3.63) is 252 Å². The molecule has 0 N–H and O–H groups in total. The maximum atomic E-state index is 2.50. The van der Waals surface area contributed by atoms with Crippen molar-refractivity contribution in [1.82, 2.24) is 0 Å². The molecule has 1 spiro atoms. The van der Waals surface area contributed by atoms with E-state index < -0.39 is 0 Å². The molecule has 3 aliphatic rings. The highest BCUT2D eigenvalue weighted by molar-refractivity contribution is 7.25. The Hall–Kier alpha value is -7.78. The van der Waals surface area contributed by atoms with Gasteiger partial charge in [0.15, 0.2) is 0 Å². The summed E-state index contributed by atoms with van der Waals surface area (Å²) in [5, 5.41) is 7.63. The van der Waals surface area contributed by atoms with Crippen LogP contribution in [0.4, 0.5) is 17.1 Å². The number of hydrogen-bond donors (Lipinski definition) is 0.